The van der Waals surface area contributed by atoms with E-state index in [1.807, 2.05) is 0 Å². The Kier molecular flexibility index (Phi) is 7.66. The molecule has 3 heterocycles. The van der Waals surface area contributed by atoms with Crippen molar-refractivity contribution in [2.45, 2.75) is 6.18 Å². The molecule has 5 rings (SSSR count). The highest BCUT2D eigenvalue weighted by atomic mass is 35.5. The Balaban J connectivity index is 1.26. The largest absolute Gasteiger partial charge is 0.433 e. The second-order valence-electron chi connectivity index (χ2n) is 8.53. The van der Waals surface area contributed by atoms with E-state index in [1.165, 1.54) is 18.6 Å². The maximum atomic E-state index is 13.3. The number of nitrogens with zero attached hydrogens (tertiary/aromatic N) is 4. The third-order valence-corrected chi connectivity index (χ3v) is 5.88. The van der Waals surface area contributed by atoms with Gasteiger partial charge >= 0.3 is 18.2 Å². The van der Waals surface area contributed by atoms with Gasteiger partial charge in [0.2, 0.25) is 0 Å². The van der Waals surface area contributed by atoms with Gasteiger partial charge in [-0.3, -0.25) is 4.98 Å². The number of nitrogen functional groups attached to an aromatic ring is 1. The summed E-state index contributed by atoms with van der Waals surface area (Å²) in [4.78, 5) is 28.4. The van der Waals surface area contributed by atoms with Crippen molar-refractivity contribution in [1.82, 2.24) is 19.9 Å². The van der Waals surface area contributed by atoms with Crippen LogP contribution in [-0.4, -0.2) is 26.0 Å². The first kappa shape index (κ1) is 27.3. The first-order valence-electron chi connectivity index (χ1n) is 11.9. The molecule has 0 aliphatic carbocycles. The molecule has 13 heteroatoms. The summed E-state index contributed by atoms with van der Waals surface area (Å²) in [5.74, 6) is 0.770. The van der Waals surface area contributed by atoms with Crippen LogP contribution in [0.25, 0.3) is 22.3 Å². The van der Waals surface area contributed by atoms with Gasteiger partial charge in [-0.1, -0.05) is 54.1 Å². The summed E-state index contributed by atoms with van der Waals surface area (Å²) in [7, 11) is 0. The first-order valence-corrected chi connectivity index (χ1v) is 12.3. The lowest BCUT2D eigenvalue weighted by atomic mass is 10.1. The summed E-state index contributed by atoms with van der Waals surface area (Å²) in [5, 5.41) is 5.40. The van der Waals surface area contributed by atoms with E-state index in [2.05, 4.69) is 30.6 Å². The van der Waals surface area contributed by atoms with Crippen molar-refractivity contribution >= 4 is 34.8 Å². The molecule has 4 N–H and O–H groups in total. The summed E-state index contributed by atoms with van der Waals surface area (Å²) in [6.45, 7) is 0. The van der Waals surface area contributed by atoms with Crippen LogP contribution in [0, 0.1) is 0 Å². The first-order chi connectivity index (χ1) is 19.7. The topological polar surface area (TPSA) is 128 Å². The minimum atomic E-state index is -4.69. The highest BCUT2D eigenvalue weighted by Crippen LogP contribution is 2.34. The van der Waals surface area contributed by atoms with Gasteiger partial charge in [0.25, 0.3) is 0 Å². The number of hydrogen-bond donors (Lipinski definition) is 3. The zero-order chi connectivity index (χ0) is 29.0. The fourth-order valence-corrected chi connectivity index (χ4v) is 3.93. The third-order valence-electron chi connectivity index (χ3n) is 5.67. The number of urea groups is 1. The molecule has 5 aromatic rings. The Morgan fingerprint density at radius 2 is 1.49 bits per heavy atom. The maximum absolute atomic E-state index is 13.3. The molecule has 0 fully saturated rings. The van der Waals surface area contributed by atoms with Crippen molar-refractivity contribution in [3.8, 4) is 34.0 Å². The van der Waals surface area contributed by atoms with Crippen LogP contribution in [0.4, 0.5) is 35.2 Å². The molecule has 0 spiro atoms. The lowest BCUT2D eigenvalue weighted by Gasteiger charge is -2.14. The summed E-state index contributed by atoms with van der Waals surface area (Å²) in [6, 6.07) is 17.2. The number of benzene rings is 2. The molecule has 2 aromatic carbocycles. The molecule has 0 radical (unpaired) electrons. The maximum Gasteiger partial charge on any atom is 0.433 e. The van der Waals surface area contributed by atoms with Gasteiger partial charge in [-0.2, -0.15) is 13.2 Å². The zero-order valence-corrected chi connectivity index (χ0v) is 21.6. The number of carbonyl (C=O) groups is 1. The molecule has 0 aliphatic rings. The number of nitrogens with one attached hydrogen (secondary N) is 2. The third kappa shape index (κ3) is 6.68. The van der Waals surface area contributed by atoms with E-state index < -0.39 is 17.9 Å². The summed E-state index contributed by atoms with van der Waals surface area (Å²) in [5.41, 5.74) is 7.24. The fraction of sp³-hybridized carbons (Fsp3) is 0.0357. The summed E-state index contributed by atoms with van der Waals surface area (Å²) in [6.07, 6.45) is 0.422. The number of aromatic nitrogens is 4. The Hall–Kier alpha value is -5.23. The van der Waals surface area contributed by atoms with Crippen LogP contribution >= 0.6 is 11.6 Å². The number of amides is 2. The Labute approximate surface area is 236 Å². The van der Waals surface area contributed by atoms with Crippen LogP contribution in [0.5, 0.6) is 11.8 Å². The molecule has 0 bridgehead atoms. The van der Waals surface area contributed by atoms with E-state index >= 15 is 0 Å². The molecule has 41 heavy (non-hydrogen) atoms. The van der Waals surface area contributed by atoms with Crippen molar-refractivity contribution in [2.75, 3.05) is 16.4 Å². The van der Waals surface area contributed by atoms with Crippen molar-refractivity contribution in [1.29, 1.82) is 0 Å². The van der Waals surface area contributed by atoms with E-state index in [9.17, 15) is 18.0 Å². The lowest BCUT2D eigenvalue weighted by molar-refractivity contribution is -0.141. The number of hydrogen-bond acceptors (Lipinski definition) is 7. The molecule has 0 saturated carbocycles. The second kappa shape index (κ2) is 11.5. The Bertz CT molecular complexity index is 1680. The van der Waals surface area contributed by atoms with E-state index in [0.29, 0.717) is 33.3 Å². The number of nitrogens with two attached hydrogens (primary N) is 1. The molecule has 9 nitrogen and oxygen atoms in total. The fourth-order valence-electron chi connectivity index (χ4n) is 3.77. The van der Waals surface area contributed by atoms with Crippen molar-refractivity contribution in [2.24, 2.45) is 0 Å². The number of ether oxygens (including phenoxy) is 1. The monoisotopic (exact) mass is 577 g/mol. The number of alkyl halides is 3. The summed E-state index contributed by atoms with van der Waals surface area (Å²) >= 11 is 6.01. The number of pyridine rings is 2. The Morgan fingerprint density at radius 3 is 2.17 bits per heavy atom. The number of rotatable bonds is 6. The molecular formula is C28H19ClF3N7O2. The molecule has 0 aliphatic heterocycles. The van der Waals surface area contributed by atoms with Gasteiger partial charge < -0.3 is 21.1 Å². The van der Waals surface area contributed by atoms with Crippen molar-refractivity contribution in [3.63, 3.8) is 0 Å². The molecule has 2 amide bonds. The van der Waals surface area contributed by atoms with Crippen LogP contribution in [0.2, 0.25) is 5.02 Å². The predicted octanol–water partition coefficient (Wildman–Crippen LogP) is 7.29. The standard InChI is InChI=1S/C28H19ClF3N7O2/c29-18-10-21(25(33)35-12-18)17-6-8-20(9-7-17)41-27-36-13-19(14-37-27)38-26(40)39-23-11-24(28(30,31)32)34-15-22(23)16-4-2-1-3-5-16/h1-15H,(H2,33,35)(H2,34,38,39,40). The van der Waals surface area contributed by atoms with Gasteiger partial charge in [0, 0.05) is 23.5 Å². The van der Waals surface area contributed by atoms with Crippen molar-refractivity contribution in [3.05, 3.63) is 102 Å². The lowest BCUT2D eigenvalue weighted by Crippen LogP contribution is -2.21. The van der Waals surface area contributed by atoms with Crippen LogP contribution in [0.3, 0.4) is 0 Å². The molecular weight excluding hydrogens is 559 g/mol. The Morgan fingerprint density at radius 1 is 0.805 bits per heavy atom. The molecule has 0 atom stereocenters. The molecule has 3 aromatic heterocycles. The minimum Gasteiger partial charge on any atom is -0.424 e. The van der Waals surface area contributed by atoms with E-state index in [1.54, 1.807) is 60.7 Å². The van der Waals surface area contributed by atoms with Gasteiger partial charge in [0.05, 0.1) is 28.8 Å². The second-order valence-corrected chi connectivity index (χ2v) is 8.96. The highest BCUT2D eigenvalue weighted by Gasteiger charge is 2.33. The van der Waals surface area contributed by atoms with Crippen molar-refractivity contribution < 1.29 is 22.7 Å². The van der Waals surface area contributed by atoms with Crippen LogP contribution in [-0.2, 0) is 6.18 Å². The van der Waals surface area contributed by atoms with Crippen LogP contribution in [0.1, 0.15) is 5.69 Å². The van der Waals surface area contributed by atoms with E-state index in [0.717, 1.165) is 17.8 Å². The average molecular weight is 578 g/mol. The highest BCUT2D eigenvalue weighted by molar-refractivity contribution is 6.30. The minimum absolute atomic E-state index is 0.00274. The van der Waals surface area contributed by atoms with E-state index in [4.69, 9.17) is 22.1 Å². The number of carbonyl (C=O) groups excluding carboxylic acids is 1. The summed E-state index contributed by atoms with van der Waals surface area (Å²) < 4.78 is 45.5. The SMILES string of the molecule is Nc1ncc(Cl)cc1-c1ccc(Oc2ncc(NC(=O)Nc3cc(C(F)(F)F)ncc3-c3ccccc3)cn2)cc1. The molecule has 0 unspecified atom stereocenters. The smallest absolute Gasteiger partial charge is 0.424 e. The van der Waals surface area contributed by atoms with Crippen LogP contribution < -0.4 is 21.1 Å². The number of halogens is 4. The van der Waals surface area contributed by atoms with Crippen LogP contribution in [0.15, 0.2) is 91.5 Å². The predicted molar refractivity (Wildman–Crippen MR) is 149 cm³/mol. The van der Waals surface area contributed by atoms with Gasteiger partial charge in [-0.15, -0.1) is 0 Å². The van der Waals surface area contributed by atoms with Gasteiger partial charge in [-0.05, 0) is 35.4 Å². The van der Waals surface area contributed by atoms with E-state index in [-0.39, 0.29) is 17.4 Å². The average Bonchev–Trinajstić information content (AvgIpc) is 2.96. The zero-order valence-electron chi connectivity index (χ0n) is 20.9. The molecule has 206 valence electrons. The van der Waals surface area contributed by atoms with Gasteiger partial charge in [0.1, 0.15) is 17.3 Å². The molecule has 0 saturated heterocycles. The quantitative estimate of drug-likeness (QED) is 0.193. The number of anilines is 3. The van der Waals surface area contributed by atoms with Gasteiger partial charge in [-0.25, -0.2) is 19.7 Å². The van der Waals surface area contributed by atoms with Gasteiger partial charge in [0.15, 0.2) is 0 Å². The normalized spacial score (nSPS) is 11.1.